The number of anilines is 1. The van der Waals surface area contributed by atoms with Gasteiger partial charge in [-0.05, 0) is 62.2 Å². The number of aryl methyl sites for hydroxylation is 2. The second-order valence-corrected chi connectivity index (χ2v) is 5.24. The Kier molecular flexibility index (Phi) is 5.04. The number of hydrogen-bond donors (Lipinski definition) is 1. The Morgan fingerprint density at radius 2 is 1.68 bits per heavy atom. The Bertz CT molecular complexity index is 650. The SMILES string of the molecule is COc1ccc(OC(C)C(=O)Nc2cc(C)ccc2C)cc1. The number of carbonyl (C=O) groups excluding carboxylic acids is 1. The third-order valence-electron chi connectivity index (χ3n) is 3.39. The first-order valence-corrected chi connectivity index (χ1v) is 7.18. The van der Waals surface area contributed by atoms with Crippen molar-refractivity contribution in [1.82, 2.24) is 0 Å². The lowest BCUT2D eigenvalue weighted by atomic mass is 10.1. The van der Waals surface area contributed by atoms with Crippen molar-refractivity contribution in [2.45, 2.75) is 26.9 Å². The molecule has 22 heavy (non-hydrogen) atoms. The second kappa shape index (κ2) is 6.98. The molecule has 1 atom stereocenters. The molecule has 0 saturated carbocycles. The van der Waals surface area contributed by atoms with Gasteiger partial charge in [-0.2, -0.15) is 0 Å². The normalized spacial score (nSPS) is 11.6. The van der Waals surface area contributed by atoms with Crippen LogP contribution in [0.3, 0.4) is 0 Å². The van der Waals surface area contributed by atoms with Gasteiger partial charge in [0.05, 0.1) is 7.11 Å². The smallest absolute Gasteiger partial charge is 0.265 e. The zero-order chi connectivity index (χ0) is 16.1. The van der Waals surface area contributed by atoms with E-state index < -0.39 is 6.10 Å². The van der Waals surface area contributed by atoms with Gasteiger partial charge in [0.15, 0.2) is 6.10 Å². The molecule has 4 heteroatoms. The summed E-state index contributed by atoms with van der Waals surface area (Å²) in [5, 5.41) is 2.90. The van der Waals surface area contributed by atoms with Gasteiger partial charge in [-0.1, -0.05) is 12.1 Å². The van der Waals surface area contributed by atoms with Crippen LogP contribution in [0.15, 0.2) is 42.5 Å². The zero-order valence-electron chi connectivity index (χ0n) is 13.3. The summed E-state index contributed by atoms with van der Waals surface area (Å²) in [7, 11) is 1.61. The largest absolute Gasteiger partial charge is 0.497 e. The fourth-order valence-electron chi connectivity index (χ4n) is 2.02. The molecule has 1 amide bonds. The Morgan fingerprint density at radius 3 is 2.32 bits per heavy atom. The van der Waals surface area contributed by atoms with E-state index in [-0.39, 0.29) is 5.91 Å². The summed E-state index contributed by atoms with van der Waals surface area (Å²) >= 11 is 0. The molecule has 1 N–H and O–H groups in total. The van der Waals surface area contributed by atoms with Gasteiger partial charge in [0.1, 0.15) is 11.5 Å². The minimum atomic E-state index is -0.590. The number of amides is 1. The molecule has 0 radical (unpaired) electrons. The first-order chi connectivity index (χ1) is 10.5. The van der Waals surface area contributed by atoms with Crippen LogP contribution < -0.4 is 14.8 Å². The highest BCUT2D eigenvalue weighted by Crippen LogP contribution is 2.20. The molecule has 0 saturated heterocycles. The lowest BCUT2D eigenvalue weighted by molar-refractivity contribution is -0.122. The van der Waals surface area contributed by atoms with Crippen LogP contribution in [0, 0.1) is 13.8 Å². The van der Waals surface area contributed by atoms with E-state index in [2.05, 4.69) is 5.32 Å². The van der Waals surface area contributed by atoms with Crippen LogP contribution in [0.2, 0.25) is 0 Å². The van der Waals surface area contributed by atoms with Crippen LogP contribution in [0.1, 0.15) is 18.1 Å². The number of methoxy groups -OCH3 is 1. The number of carbonyl (C=O) groups is 1. The lowest BCUT2D eigenvalue weighted by Crippen LogP contribution is -2.30. The molecule has 2 rings (SSSR count). The quantitative estimate of drug-likeness (QED) is 0.915. The highest BCUT2D eigenvalue weighted by atomic mass is 16.5. The molecule has 2 aromatic carbocycles. The average Bonchev–Trinajstić information content (AvgIpc) is 2.51. The van der Waals surface area contributed by atoms with E-state index in [4.69, 9.17) is 9.47 Å². The van der Waals surface area contributed by atoms with Crippen LogP contribution in [-0.4, -0.2) is 19.1 Å². The van der Waals surface area contributed by atoms with Crippen LogP contribution in [0.25, 0.3) is 0 Å². The van der Waals surface area contributed by atoms with E-state index in [1.54, 1.807) is 38.3 Å². The highest BCUT2D eigenvalue weighted by Gasteiger charge is 2.15. The Morgan fingerprint density at radius 1 is 1.05 bits per heavy atom. The lowest BCUT2D eigenvalue weighted by Gasteiger charge is -2.16. The molecule has 0 spiro atoms. The summed E-state index contributed by atoms with van der Waals surface area (Å²) in [5.41, 5.74) is 2.94. The Labute approximate surface area is 131 Å². The van der Waals surface area contributed by atoms with Crippen molar-refractivity contribution in [3.05, 3.63) is 53.6 Å². The van der Waals surface area contributed by atoms with Gasteiger partial charge in [0, 0.05) is 5.69 Å². The van der Waals surface area contributed by atoms with Crippen molar-refractivity contribution in [3.63, 3.8) is 0 Å². The molecule has 0 aromatic heterocycles. The van der Waals surface area contributed by atoms with Crippen LogP contribution >= 0.6 is 0 Å². The number of rotatable bonds is 5. The molecule has 0 bridgehead atoms. The summed E-state index contributed by atoms with van der Waals surface area (Å²) in [6, 6.07) is 13.1. The maximum absolute atomic E-state index is 12.2. The van der Waals surface area contributed by atoms with Crippen molar-refractivity contribution >= 4 is 11.6 Å². The maximum atomic E-state index is 12.2. The van der Waals surface area contributed by atoms with Crippen molar-refractivity contribution in [3.8, 4) is 11.5 Å². The maximum Gasteiger partial charge on any atom is 0.265 e. The van der Waals surface area contributed by atoms with Gasteiger partial charge in [-0.25, -0.2) is 0 Å². The van der Waals surface area contributed by atoms with Crippen LogP contribution in [0.4, 0.5) is 5.69 Å². The Balaban J connectivity index is 2.00. The van der Waals surface area contributed by atoms with Crippen molar-refractivity contribution < 1.29 is 14.3 Å². The number of hydrogen-bond acceptors (Lipinski definition) is 3. The van der Waals surface area contributed by atoms with Crippen molar-refractivity contribution in [2.75, 3.05) is 12.4 Å². The van der Waals surface area contributed by atoms with Crippen LogP contribution in [0.5, 0.6) is 11.5 Å². The summed E-state index contributed by atoms with van der Waals surface area (Å²) in [4.78, 5) is 12.2. The molecule has 116 valence electrons. The van der Waals surface area contributed by atoms with E-state index in [0.717, 1.165) is 22.6 Å². The van der Waals surface area contributed by atoms with Gasteiger partial charge in [-0.3, -0.25) is 4.79 Å². The molecule has 0 aliphatic rings. The van der Waals surface area contributed by atoms with Gasteiger partial charge in [-0.15, -0.1) is 0 Å². The minimum absolute atomic E-state index is 0.176. The van der Waals surface area contributed by atoms with E-state index in [9.17, 15) is 4.79 Å². The van der Waals surface area contributed by atoms with E-state index in [0.29, 0.717) is 5.75 Å². The predicted molar refractivity (Wildman–Crippen MR) is 87.6 cm³/mol. The van der Waals surface area contributed by atoms with Gasteiger partial charge in [0.25, 0.3) is 5.91 Å². The first-order valence-electron chi connectivity index (χ1n) is 7.18. The van der Waals surface area contributed by atoms with E-state index >= 15 is 0 Å². The van der Waals surface area contributed by atoms with Gasteiger partial charge in [0.2, 0.25) is 0 Å². The zero-order valence-corrected chi connectivity index (χ0v) is 13.3. The van der Waals surface area contributed by atoms with Gasteiger partial charge >= 0.3 is 0 Å². The second-order valence-electron chi connectivity index (χ2n) is 5.24. The molecule has 0 heterocycles. The van der Waals surface area contributed by atoms with E-state index in [1.807, 2.05) is 32.0 Å². The highest BCUT2D eigenvalue weighted by molar-refractivity contribution is 5.94. The first kappa shape index (κ1) is 15.9. The summed E-state index contributed by atoms with van der Waals surface area (Å²) in [5.74, 6) is 1.20. The fraction of sp³-hybridized carbons (Fsp3) is 0.278. The molecule has 0 aliphatic carbocycles. The predicted octanol–water partition coefficient (Wildman–Crippen LogP) is 3.72. The molecule has 0 aliphatic heterocycles. The number of benzene rings is 2. The van der Waals surface area contributed by atoms with Gasteiger partial charge < -0.3 is 14.8 Å². The fourth-order valence-corrected chi connectivity index (χ4v) is 2.02. The third kappa shape index (κ3) is 4.01. The monoisotopic (exact) mass is 299 g/mol. The number of ether oxygens (including phenoxy) is 2. The Hall–Kier alpha value is -2.49. The topological polar surface area (TPSA) is 47.6 Å². The summed E-state index contributed by atoms with van der Waals surface area (Å²) < 4.78 is 10.7. The van der Waals surface area contributed by atoms with Crippen molar-refractivity contribution in [1.29, 1.82) is 0 Å². The summed E-state index contributed by atoms with van der Waals surface area (Å²) in [6.07, 6.45) is -0.590. The molecule has 4 nitrogen and oxygen atoms in total. The average molecular weight is 299 g/mol. The standard InChI is InChI=1S/C18H21NO3/c1-12-5-6-13(2)17(11-12)19-18(20)14(3)22-16-9-7-15(21-4)8-10-16/h5-11,14H,1-4H3,(H,19,20). The van der Waals surface area contributed by atoms with E-state index in [1.165, 1.54) is 0 Å². The van der Waals surface area contributed by atoms with Crippen LogP contribution in [-0.2, 0) is 4.79 Å². The van der Waals surface area contributed by atoms with Crippen molar-refractivity contribution in [2.24, 2.45) is 0 Å². The third-order valence-corrected chi connectivity index (χ3v) is 3.39. The molecular weight excluding hydrogens is 278 g/mol. The number of nitrogens with one attached hydrogen (secondary N) is 1. The minimum Gasteiger partial charge on any atom is -0.497 e. The molecule has 0 fully saturated rings. The molecule has 2 aromatic rings. The molecule has 1 unspecified atom stereocenters. The molecular formula is C18H21NO3. The summed E-state index contributed by atoms with van der Waals surface area (Å²) in [6.45, 7) is 5.68.